The molecule has 0 fully saturated rings. The number of hydrogen-bond acceptors (Lipinski definition) is 2. The molecule has 1 unspecified atom stereocenters. The van der Waals surface area contributed by atoms with Crippen LogP contribution < -0.4 is 5.73 Å². The average Bonchev–Trinajstić information content (AvgIpc) is 2.18. The average molecular weight is 197 g/mol. The number of nitrogens with two attached hydrogens (primary N) is 1. The first-order valence-electron chi connectivity index (χ1n) is 5.33. The van der Waals surface area contributed by atoms with Crippen molar-refractivity contribution >= 4 is 0 Å². The van der Waals surface area contributed by atoms with Crippen molar-refractivity contribution in [1.82, 2.24) is 0 Å². The van der Waals surface area contributed by atoms with E-state index in [1.807, 2.05) is 6.92 Å². The van der Waals surface area contributed by atoms with Crippen molar-refractivity contribution in [3.8, 4) is 0 Å². The van der Waals surface area contributed by atoms with E-state index in [9.17, 15) is 0 Å². The molecule has 0 saturated carbocycles. The lowest BCUT2D eigenvalue weighted by Crippen LogP contribution is -2.16. The molecule has 0 spiro atoms. The first-order chi connectivity index (χ1) is 6.78. The summed E-state index contributed by atoms with van der Waals surface area (Å²) in [5.74, 6) is 0. The monoisotopic (exact) mass is 197 g/mol. The molecule has 0 heterocycles. The van der Waals surface area contributed by atoms with E-state index in [1.54, 1.807) is 7.11 Å². The molecule has 2 nitrogen and oxygen atoms in total. The molecule has 0 aliphatic carbocycles. The van der Waals surface area contributed by atoms with Gasteiger partial charge >= 0.3 is 0 Å². The van der Waals surface area contributed by atoms with Crippen molar-refractivity contribution in [1.29, 1.82) is 0 Å². The van der Waals surface area contributed by atoms with Crippen LogP contribution in [0, 0.1) is 0 Å². The molecule has 0 bridgehead atoms. The fourth-order valence-corrected chi connectivity index (χ4v) is 1.45. The summed E-state index contributed by atoms with van der Waals surface area (Å²) in [7, 11) is 1.75. The summed E-state index contributed by atoms with van der Waals surface area (Å²) in [5, 5.41) is 0. The normalized spacial score (nSPS) is 15.0. The lowest BCUT2D eigenvalue weighted by molar-refractivity contribution is 0.0982. The van der Waals surface area contributed by atoms with Crippen molar-refractivity contribution in [2.45, 2.75) is 39.2 Å². The first kappa shape index (κ1) is 13.4. The Morgan fingerprint density at radius 1 is 1.50 bits per heavy atom. The molecule has 0 aromatic heterocycles. The van der Waals surface area contributed by atoms with Crippen molar-refractivity contribution in [3.63, 3.8) is 0 Å². The topological polar surface area (TPSA) is 35.2 Å². The Hall–Kier alpha value is -0.600. The summed E-state index contributed by atoms with van der Waals surface area (Å²) in [6.45, 7) is 4.87. The van der Waals surface area contributed by atoms with Crippen LogP contribution in [0.3, 0.4) is 0 Å². The Labute approximate surface area is 87.8 Å². The van der Waals surface area contributed by atoms with Crippen LogP contribution in [0.25, 0.3) is 0 Å². The van der Waals surface area contributed by atoms with E-state index in [1.165, 1.54) is 5.57 Å². The summed E-state index contributed by atoms with van der Waals surface area (Å²) in [5.41, 5.74) is 6.85. The zero-order chi connectivity index (χ0) is 10.8. The molecule has 2 N–H and O–H groups in total. The highest BCUT2D eigenvalue weighted by atomic mass is 16.5. The highest BCUT2D eigenvalue weighted by Crippen LogP contribution is 2.13. The Morgan fingerprint density at radius 3 is 2.64 bits per heavy atom. The molecule has 0 aliphatic rings. The second-order valence-corrected chi connectivity index (χ2v) is 3.33. The molecule has 14 heavy (non-hydrogen) atoms. The van der Waals surface area contributed by atoms with E-state index in [4.69, 9.17) is 10.5 Å². The molecule has 0 saturated heterocycles. The standard InChI is InChI=1S/C12H23NO/c1-4-6-11(7-5-2)10-12(14-3)8-9-13/h4,6-7,12H,5,8-10,13H2,1-3H3/b6-4-,11-7+. The zero-order valence-corrected chi connectivity index (χ0v) is 9.62. The van der Waals surface area contributed by atoms with Gasteiger partial charge in [0.25, 0.3) is 0 Å². The maximum absolute atomic E-state index is 5.51. The largest absolute Gasteiger partial charge is 0.381 e. The maximum Gasteiger partial charge on any atom is 0.0623 e. The van der Waals surface area contributed by atoms with Gasteiger partial charge in [-0.15, -0.1) is 0 Å². The van der Waals surface area contributed by atoms with Gasteiger partial charge in [0, 0.05) is 7.11 Å². The second kappa shape index (κ2) is 8.97. The van der Waals surface area contributed by atoms with Crippen LogP contribution in [0.5, 0.6) is 0 Å². The van der Waals surface area contributed by atoms with Crippen LogP contribution in [0.2, 0.25) is 0 Å². The van der Waals surface area contributed by atoms with Crippen LogP contribution in [0.1, 0.15) is 33.1 Å². The molecule has 0 aliphatic heterocycles. The molecule has 0 aromatic rings. The third-order valence-electron chi connectivity index (χ3n) is 2.13. The van der Waals surface area contributed by atoms with Gasteiger partial charge in [-0.1, -0.05) is 25.2 Å². The van der Waals surface area contributed by atoms with E-state index in [0.717, 1.165) is 19.3 Å². The molecular formula is C12H23NO. The van der Waals surface area contributed by atoms with Gasteiger partial charge < -0.3 is 10.5 Å². The fraction of sp³-hybridized carbons (Fsp3) is 0.667. The van der Waals surface area contributed by atoms with Crippen LogP contribution >= 0.6 is 0 Å². The van der Waals surface area contributed by atoms with E-state index < -0.39 is 0 Å². The highest BCUT2D eigenvalue weighted by Gasteiger charge is 2.07. The Morgan fingerprint density at radius 2 is 2.21 bits per heavy atom. The number of ether oxygens (including phenoxy) is 1. The molecule has 82 valence electrons. The Kier molecular flexibility index (Phi) is 8.59. The molecule has 2 heteroatoms. The third kappa shape index (κ3) is 5.95. The van der Waals surface area contributed by atoms with E-state index >= 15 is 0 Å². The van der Waals surface area contributed by atoms with E-state index in [2.05, 4.69) is 25.2 Å². The summed E-state index contributed by atoms with van der Waals surface area (Å²) in [6, 6.07) is 0. The molecule has 1 atom stereocenters. The predicted octanol–water partition coefficient (Wildman–Crippen LogP) is 2.65. The zero-order valence-electron chi connectivity index (χ0n) is 9.62. The number of allylic oxidation sites excluding steroid dienone is 3. The van der Waals surface area contributed by atoms with Crippen molar-refractivity contribution in [2.24, 2.45) is 5.73 Å². The smallest absolute Gasteiger partial charge is 0.0623 e. The molecule has 0 radical (unpaired) electrons. The fourth-order valence-electron chi connectivity index (χ4n) is 1.45. The van der Waals surface area contributed by atoms with Crippen molar-refractivity contribution in [2.75, 3.05) is 13.7 Å². The molecular weight excluding hydrogens is 174 g/mol. The van der Waals surface area contributed by atoms with Gasteiger partial charge in [0.15, 0.2) is 0 Å². The van der Waals surface area contributed by atoms with Gasteiger partial charge in [-0.25, -0.2) is 0 Å². The summed E-state index contributed by atoms with van der Waals surface area (Å²) < 4.78 is 5.36. The minimum atomic E-state index is 0.258. The van der Waals surface area contributed by atoms with Gasteiger partial charge in [-0.05, 0) is 38.3 Å². The van der Waals surface area contributed by atoms with Gasteiger partial charge in [-0.2, -0.15) is 0 Å². The quantitative estimate of drug-likeness (QED) is 0.637. The number of hydrogen-bond donors (Lipinski definition) is 1. The Bertz CT molecular complexity index is 185. The third-order valence-corrected chi connectivity index (χ3v) is 2.13. The Balaban J connectivity index is 4.18. The summed E-state index contributed by atoms with van der Waals surface area (Å²) in [4.78, 5) is 0. The summed E-state index contributed by atoms with van der Waals surface area (Å²) >= 11 is 0. The molecule has 0 amide bonds. The first-order valence-corrected chi connectivity index (χ1v) is 5.33. The minimum Gasteiger partial charge on any atom is -0.381 e. The van der Waals surface area contributed by atoms with Crippen molar-refractivity contribution < 1.29 is 4.74 Å². The van der Waals surface area contributed by atoms with Crippen LogP contribution in [0.15, 0.2) is 23.8 Å². The molecule has 0 rings (SSSR count). The number of rotatable bonds is 7. The SMILES string of the molecule is C/C=C\C(=C/CC)CC(CCN)OC. The van der Waals surface area contributed by atoms with Crippen LogP contribution in [-0.2, 0) is 4.74 Å². The lowest BCUT2D eigenvalue weighted by Gasteiger charge is -2.14. The summed E-state index contributed by atoms with van der Waals surface area (Å²) in [6.07, 6.45) is 9.67. The van der Waals surface area contributed by atoms with E-state index in [0.29, 0.717) is 6.54 Å². The maximum atomic E-state index is 5.51. The number of methoxy groups -OCH3 is 1. The lowest BCUT2D eigenvalue weighted by atomic mass is 10.0. The molecule has 0 aromatic carbocycles. The van der Waals surface area contributed by atoms with Gasteiger partial charge in [0.1, 0.15) is 0 Å². The van der Waals surface area contributed by atoms with Crippen LogP contribution in [-0.4, -0.2) is 19.8 Å². The van der Waals surface area contributed by atoms with Gasteiger partial charge in [0.05, 0.1) is 6.10 Å². The van der Waals surface area contributed by atoms with Gasteiger partial charge in [-0.3, -0.25) is 0 Å². The van der Waals surface area contributed by atoms with Crippen molar-refractivity contribution in [3.05, 3.63) is 23.8 Å². The van der Waals surface area contributed by atoms with E-state index in [-0.39, 0.29) is 6.10 Å². The minimum absolute atomic E-state index is 0.258. The predicted molar refractivity (Wildman–Crippen MR) is 62.3 cm³/mol. The van der Waals surface area contributed by atoms with Crippen LogP contribution in [0.4, 0.5) is 0 Å². The highest BCUT2D eigenvalue weighted by molar-refractivity contribution is 5.18. The second-order valence-electron chi connectivity index (χ2n) is 3.33. The van der Waals surface area contributed by atoms with Gasteiger partial charge in [0.2, 0.25) is 0 Å².